The third-order valence-electron chi connectivity index (χ3n) is 3.84. The maximum atomic E-state index is 12.9. The van der Waals surface area contributed by atoms with Crippen molar-refractivity contribution in [1.29, 1.82) is 0 Å². The predicted molar refractivity (Wildman–Crippen MR) is 94.6 cm³/mol. The van der Waals surface area contributed by atoms with Crippen LogP contribution in [0.2, 0.25) is 0 Å². The normalized spacial score (nSPS) is 10.3. The van der Waals surface area contributed by atoms with Gasteiger partial charge >= 0.3 is 0 Å². The molecule has 1 amide bonds. The van der Waals surface area contributed by atoms with Gasteiger partial charge in [0.15, 0.2) is 0 Å². The van der Waals surface area contributed by atoms with Crippen LogP contribution in [0.4, 0.5) is 0 Å². The summed E-state index contributed by atoms with van der Waals surface area (Å²) in [5, 5.41) is 0. The monoisotopic (exact) mass is 328 g/mol. The fourth-order valence-electron chi connectivity index (χ4n) is 2.53. The fourth-order valence-corrected chi connectivity index (χ4v) is 2.53. The summed E-state index contributed by atoms with van der Waals surface area (Å²) in [4.78, 5) is 14.7. The number of hydrogen-bond acceptors (Lipinski definition) is 4. The van der Waals surface area contributed by atoms with Crippen LogP contribution >= 0.6 is 0 Å². The van der Waals surface area contributed by atoms with Crippen molar-refractivity contribution < 1.29 is 14.3 Å². The average molecular weight is 328 g/mol. The van der Waals surface area contributed by atoms with Crippen LogP contribution in [-0.4, -0.2) is 44.7 Å². The Morgan fingerprint density at radius 2 is 1.79 bits per heavy atom. The molecule has 2 aromatic rings. The van der Waals surface area contributed by atoms with Crippen LogP contribution in [0.25, 0.3) is 0 Å². The van der Waals surface area contributed by atoms with Gasteiger partial charge in [0.2, 0.25) is 0 Å². The number of amides is 1. The van der Waals surface area contributed by atoms with Gasteiger partial charge in [0, 0.05) is 19.6 Å². The number of nitrogens with zero attached hydrogens (tertiary/aromatic N) is 1. The molecule has 0 radical (unpaired) electrons. The van der Waals surface area contributed by atoms with Gasteiger partial charge in [-0.3, -0.25) is 4.79 Å². The van der Waals surface area contributed by atoms with Crippen LogP contribution in [0.5, 0.6) is 11.5 Å². The number of rotatable bonds is 8. The van der Waals surface area contributed by atoms with Crippen molar-refractivity contribution in [3.05, 3.63) is 59.7 Å². The highest BCUT2D eigenvalue weighted by Gasteiger charge is 2.20. The smallest absolute Gasteiger partial charge is 0.257 e. The van der Waals surface area contributed by atoms with E-state index in [2.05, 4.69) is 12.1 Å². The molecule has 24 heavy (non-hydrogen) atoms. The van der Waals surface area contributed by atoms with E-state index >= 15 is 0 Å². The van der Waals surface area contributed by atoms with Crippen LogP contribution in [0.15, 0.2) is 48.5 Å². The molecule has 2 N–H and O–H groups in total. The number of hydrogen-bond donors (Lipinski definition) is 1. The van der Waals surface area contributed by atoms with Gasteiger partial charge in [0.1, 0.15) is 11.5 Å². The highest BCUT2D eigenvalue weighted by atomic mass is 16.5. The van der Waals surface area contributed by atoms with Crippen molar-refractivity contribution in [2.75, 3.05) is 33.9 Å². The summed E-state index contributed by atoms with van der Waals surface area (Å²) in [6.07, 6.45) is 0.777. The first-order valence-corrected chi connectivity index (χ1v) is 7.95. The summed E-state index contributed by atoms with van der Waals surface area (Å²) in [6, 6.07) is 15.3. The lowest BCUT2D eigenvalue weighted by Gasteiger charge is -2.23. The summed E-state index contributed by atoms with van der Waals surface area (Å²) in [5.41, 5.74) is 7.36. The molecule has 0 saturated heterocycles. The zero-order valence-corrected chi connectivity index (χ0v) is 14.2. The largest absolute Gasteiger partial charge is 0.497 e. The number of methoxy groups -OCH3 is 2. The fraction of sp³-hybridized carbons (Fsp3) is 0.316. The Hall–Kier alpha value is -2.53. The maximum Gasteiger partial charge on any atom is 0.257 e. The average Bonchev–Trinajstić information content (AvgIpc) is 2.64. The highest BCUT2D eigenvalue weighted by molar-refractivity contribution is 5.97. The zero-order chi connectivity index (χ0) is 17.4. The van der Waals surface area contributed by atoms with Gasteiger partial charge in [0.05, 0.1) is 19.8 Å². The van der Waals surface area contributed by atoms with Gasteiger partial charge in [-0.2, -0.15) is 0 Å². The topological polar surface area (TPSA) is 64.8 Å². The van der Waals surface area contributed by atoms with E-state index in [9.17, 15) is 4.79 Å². The first-order valence-electron chi connectivity index (χ1n) is 7.95. The van der Waals surface area contributed by atoms with Gasteiger partial charge in [-0.25, -0.2) is 0 Å². The molecule has 128 valence electrons. The summed E-state index contributed by atoms with van der Waals surface area (Å²) in [7, 11) is 3.12. The van der Waals surface area contributed by atoms with Crippen molar-refractivity contribution in [2.45, 2.75) is 6.42 Å². The van der Waals surface area contributed by atoms with Crippen LogP contribution < -0.4 is 15.2 Å². The van der Waals surface area contributed by atoms with Crippen molar-refractivity contribution in [3.63, 3.8) is 0 Å². The van der Waals surface area contributed by atoms with Crippen LogP contribution in [0.1, 0.15) is 15.9 Å². The predicted octanol–water partition coefficient (Wildman–Crippen LogP) is 2.35. The van der Waals surface area contributed by atoms with Gasteiger partial charge < -0.3 is 20.1 Å². The molecule has 2 rings (SSSR count). The van der Waals surface area contributed by atoms with Gasteiger partial charge in [0.25, 0.3) is 5.91 Å². The number of carbonyl (C=O) groups excluding carboxylic acids is 1. The molecule has 0 atom stereocenters. The summed E-state index contributed by atoms with van der Waals surface area (Å²) in [5.74, 6) is 1.05. The molecule has 5 nitrogen and oxygen atoms in total. The Bertz CT molecular complexity index is 659. The van der Waals surface area contributed by atoms with Crippen LogP contribution in [0.3, 0.4) is 0 Å². The second-order valence-corrected chi connectivity index (χ2v) is 5.38. The number of carbonyl (C=O) groups is 1. The number of benzene rings is 2. The van der Waals surface area contributed by atoms with Gasteiger partial charge in [-0.05, 0) is 30.2 Å². The second kappa shape index (κ2) is 8.93. The van der Waals surface area contributed by atoms with Crippen molar-refractivity contribution >= 4 is 5.91 Å². The molecule has 0 heterocycles. The quantitative estimate of drug-likeness (QED) is 0.808. The van der Waals surface area contributed by atoms with E-state index < -0.39 is 0 Å². The molecule has 0 aliphatic heterocycles. The van der Waals surface area contributed by atoms with E-state index in [1.54, 1.807) is 37.3 Å². The van der Waals surface area contributed by atoms with Crippen LogP contribution in [-0.2, 0) is 6.42 Å². The van der Waals surface area contributed by atoms with Gasteiger partial charge in [-0.1, -0.05) is 30.3 Å². The molecule has 0 aliphatic rings. The lowest BCUT2D eigenvalue weighted by molar-refractivity contribution is 0.0758. The van der Waals surface area contributed by atoms with E-state index in [4.69, 9.17) is 15.2 Å². The molecule has 0 saturated carbocycles. The highest BCUT2D eigenvalue weighted by Crippen LogP contribution is 2.25. The molecule has 5 heteroatoms. The molecule has 0 bridgehead atoms. The lowest BCUT2D eigenvalue weighted by atomic mass is 10.1. The van der Waals surface area contributed by atoms with E-state index in [1.807, 2.05) is 18.2 Å². The maximum absolute atomic E-state index is 12.9. The third kappa shape index (κ3) is 4.49. The van der Waals surface area contributed by atoms with Gasteiger partial charge in [-0.15, -0.1) is 0 Å². The molecule has 0 spiro atoms. The first kappa shape index (κ1) is 17.8. The Morgan fingerprint density at radius 1 is 1.04 bits per heavy atom. The summed E-state index contributed by atoms with van der Waals surface area (Å²) in [6.45, 7) is 1.50. The first-order chi connectivity index (χ1) is 11.7. The molecule has 2 aromatic carbocycles. The van der Waals surface area contributed by atoms with E-state index in [0.717, 1.165) is 6.42 Å². The molecule has 0 aliphatic carbocycles. The van der Waals surface area contributed by atoms with E-state index in [-0.39, 0.29) is 5.91 Å². The molecule has 0 fully saturated rings. The SMILES string of the molecule is COc1ccc(OC)c(C(=O)N(CCN)CCc2ccccc2)c1. The molecular weight excluding hydrogens is 304 g/mol. The Morgan fingerprint density at radius 3 is 2.42 bits per heavy atom. The summed E-state index contributed by atoms with van der Waals surface area (Å²) < 4.78 is 10.5. The minimum absolute atomic E-state index is 0.105. The lowest BCUT2D eigenvalue weighted by Crippen LogP contribution is -2.37. The van der Waals surface area contributed by atoms with E-state index in [1.165, 1.54) is 5.56 Å². The second-order valence-electron chi connectivity index (χ2n) is 5.38. The van der Waals surface area contributed by atoms with Crippen LogP contribution in [0, 0.1) is 0 Å². The molecule has 0 unspecified atom stereocenters. The third-order valence-corrected chi connectivity index (χ3v) is 3.84. The molecule has 0 aromatic heterocycles. The van der Waals surface area contributed by atoms with Crippen molar-refractivity contribution in [3.8, 4) is 11.5 Å². The minimum atomic E-state index is -0.105. The number of nitrogens with two attached hydrogens (primary N) is 1. The Labute approximate surface area is 143 Å². The Kier molecular flexibility index (Phi) is 6.63. The van der Waals surface area contributed by atoms with Crippen molar-refractivity contribution in [1.82, 2.24) is 4.90 Å². The Balaban J connectivity index is 2.19. The number of ether oxygens (including phenoxy) is 2. The zero-order valence-electron chi connectivity index (χ0n) is 14.2. The minimum Gasteiger partial charge on any atom is -0.497 e. The van der Waals surface area contributed by atoms with Crippen molar-refractivity contribution in [2.24, 2.45) is 5.73 Å². The standard InChI is InChI=1S/C19H24N2O3/c1-23-16-8-9-18(24-2)17(14-16)19(22)21(13-11-20)12-10-15-6-4-3-5-7-15/h3-9,14H,10-13,20H2,1-2H3. The van der Waals surface area contributed by atoms with E-state index in [0.29, 0.717) is 36.7 Å². The summed E-state index contributed by atoms with van der Waals surface area (Å²) >= 11 is 0. The molecular formula is C19H24N2O3.